The van der Waals surface area contributed by atoms with Gasteiger partial charge in [-0.2, -0.15) is 26.3 Å². The topological polar surface area (TPSA) is 168 Å². The first-order chi connectivity index (χ1) is 22.0. The van der Waals surface area contributed by atoms with Crippen molar-refractivity contribution in [3.05, 3.63) is 86.6 Å². The number of carbonyl (C=O) groups excluding carboxylic acids is 2. The van der Waals surface area contributed by atoms with Gasteiger partial charge in [0.1, 0.15) is 23.0 Å². The van der Waals surface area contributed by atoms with Gasteiger partial charge in [0, 0.05) is 6.07 Å². The second-order valence-electron chi connectivity index (χ2n) is 8.21. The van der Waals surface area contributed by atoms with Gasteiger partial charge in [-0.3, -0.25) is 0 Å². The van der Waals surface area contributed by atoms with E-state index in [1.165, 1.54) is 36.4 Å². The van der Waals surface area contributed by atoms with Gasteiger partial charge in [0.15, 0.2) is 21.7 Å². The minimum absolute atomic E-state index is 0.0204. The molecule has 0 atom stereocenters. The molecule has 0 spiro atoms. The van der Waals surface area contributed by atoms with Gasteiger partial charge in [-0.15, -0.1) is 20.4 Å². The summed E-state index contributed by atoms with van der Waals surface area (Å²) in [6, 6.07) is 9.27. The molecule has 0 fully saturated rings. The fraction of sp³-hybridized carbons (Fsp3) is 0.231. The van der Waals surface area contributed by atoms with Crippen molar-refractivity contribution < 1.29 is 45.4 Å². The van der Waals surface area contributed by atoms with Crippen LogP contribution in [0.4, 0.5) is 43.7 Å². The number of anilines is 3. The number of nitrogens with two attached hydrogens (primary N) is 1. The van der Waals surface area contributed by atoms with Crippen LogP contribution in [0.1, 0.15) is 46.2 Å². The van der Waals surface area contributed by atoms with E-state index in [2.05, 4.69) is 40.4 Å². The third-order valence-electron chi connectivity index (χ3n) is 4.78. The van der Waals surface area contributed by atoms with Gasteiger partial charge in [-0.1, -0.05) is 46.9 Å². The number of ether oxygens (including phenoxy) is 2. The molecule has 4 heterocycles. The van der Waals surface area contributed by atoms with Gasteiger partial charge in [0.2, 0.25) is 0 Å². The lowest BCUT2D eigenvalue weighted by molar-refractivity contribution is -0.141. The molecule has 3 N–H and O–H groups in total. The number of halogens is 9. The molecular formula is C26H21Cl3F6N8O4. The highest BCUT2D eigenvalue weighted by Crippen LogP contribution is 2.30. The van der Waals surface area contributed by atoms with Crippen molar-refractivity contribution in [1.82, 2.24) is 30.4 Å². The third-order valence-corrected chi connectivity index (χ3v) is 5.44. The van der Waals surface area contributed by atoms with Crippen LogP contribution in [-0.4, -0.2) is 55.5 Å². The number of nitrogens with zero attached hydrogens (tertiary/aromatic N) is 6. The molecule has 0 aliphatic heterocycles. The first-order valence-electron chi connectivity index (χ1n) is 12.6. The van der Waals surface area contributed by atoms with Crippen LogP contribution >= 0.6 is 34.8 Å². The normalized spacial score (nSPS) is 10.9. The molecule has 47 heavy (non-hydrogen) atoms. The van der Waals surface area contributed by atoms with Crippen molar-refractivity contribution in [3.8, 4) is 0 Å². The highest BCUT2D eigenvalue weighted by Gasteiger charge is 2.33. The zero-order valence-electron chi connectivity index (χ0n) is 23.8. The Balaban J connectivity index is 0.000000270. The van der Waals surface area contributed by atoms with Crippen molar-refractivity contribution in [2.75, 3.05) is 24.3 Å². The molecule has 21 heteroatoms. The summed E-state index contributed by atoms with van der Waals surface area (Å²) in [7, 11) is 0. The van der Waals surface area contributed by atoms with Crippen LogP contribution in [-0.2, 0) is 21.8 Å². The van der Waals surface area contributed by atoms with Gasteiger partial charge < -0.3 is 20.5 Å². The summed E-state index contributed by atoms with van der Waals surface area (Å²) in [5.74, 6) is -1.64. The third kappa shape index (κ3) is 12.6. The molecule has 252 valence electrons. The lowest BCUT2D eigenvalue weighted by Gasteiger charge is -2.11. The van der Waals surface area contributed by atoms with Gasteiger partial charge in [0.05, 0.1) is 23.9 Å². The fourth-order valence-corrected chi connectivity index (χ4v) is 3.48. The molecule has 4 rings (SSSR count). The first-order valence-corrected chi connectivity index (χ1v) is 13.8. The van der Waals surface area contributed by atoms with E-state index in [1.54, 1.807) is 13.8 Å². The maximum absolute atomic E-state index is 12.7. The minimum atomic E-state index is -4.59. The number of hydrogen-bond donors (Lipinski definition) is 2. The van der Waals surface area contributed by atoms with Crippen LogP contribution in [0.25, 0.3) is 0 Å². The summed E-state index contributed by atoms with van der Waals surface area (Å²) >= 11 is 16.9. The molecule has 4 aromatic heterocycles. The Morgan fingerprint density at radius 2 is 1.23 bits per heavy atom. The summed E-state index contributed by atoms with van der Waals surface area (Å²) < 4.78 is 83.0. The summed E-state index contributed by atoms with van der Waals surface area (Å²) in [6.07, 6.45) is -8.99. The van der Waals surface area contributed by atoms with E-state index in [1.807, 2.05) is 0 Å². The van der Waals surface area contributed by atoms with Crippen LogP contribution in [0.3, 0.4) is 0 Å². The molecule has 0 saturated heterocycles. The Labute approximate surface area is 276 Å². The summed E-state index contributed by atoms with van der Waals surface area (Å²) in [6.45, 7) is 3.65. The lowest BCUT2D eigenvalue weighted by Crippen LogP contribution is -2.13. The number of pyridine rings is 2. The van der Waals surface area contributed by atoms with Crippen molar-refractivity contribution in [2.45, 2.75) is 26.2 Å². The van der Waals surface area contributed by atoms with E-state index in [4.69, 9.17) is 45.3 Å². The van der Waals surface area contributed by atoms with E-state index in [9.17, 15) is 35.9 Å². The average Bonchev–Trinajstić information content (AvgIpc) is 2.97. The highest BCUT2D eigenvalue weighted by atomic mass is 35.5. The van der Waals surface area contributed by atoms with Crippen molar-refractivity contribution in [1.29, 1.82) is 0 Å². The van der Waals surface area contributed by atoms with Crippen LogP contribution in [0.15, 0.2) is 48.5 Å². The van der Waals surface area contributed by atoms with E-state index in [0.29, 0.717) is 0 Å². The monoisotopic (exact) mass is 728 g/mol. The Bertz CT molecular complexity index is 1680. The van der Waals surface area contributed by atoms with Crippen molar-refractivity contribution in [3.63, 3.8) is 0 Å². The molecule has 0 saturated carbocycles. The summed E-state index contributed by atoms with van der Waals surface area (Å²) in [5.41, 5.74) is 2.81. The maximum Gasteiger partial charge on any atom is 0.433 e. The van der Waals surface area contributed by atoms with Gasteiger partial charge in [-0.05, 0) is 44.2 Å². The SMILES string of the molecule is CCOC(=O)c1nnc(Cl)cc1Cl.CCOC(=O)c1nnc(Cl)cc1Nc1cccc(C(F)(F)F)n1.Nc1cccc(C(F)(F)F)n1. The molecule has 0 radical (unpaired) electrons. The smallest absolute Gasteiger partial charge is 0.433 e. The molecule has 0 amide bonds. The Kier molecular flexibility index (Phi) is 14.3. The molecular weight excluding hydrogens is 709 g/mol. The van der Waals surface area contributed by atoms with Gasteiger partial charge in [-0.25, -0.2) is 19.6 Å². The molecule has 0 aliphatic carbocycles. The van der Waals surface area contributed by atoms with Crippen molar-refractivity contribution in [2.24, 2.45) is 0 Å². The average molecular weight is 730 g/mol. The summed E-state index contributed by atoms with van der Waals surface area (Å²) in [4.78, 5) is 29.4. The number of esters is 2. The number of nitrogen functional groups attached to an aromatic ring is 1. The molecule has 4 aromatic rings. The van der Waals surface area contributed by atoms with E-state index < -0.39 is 35.7 Å². The fourth-order valence-electron chi connectivity index (χ4n) is 2.91. The first kappa shape index (κ1) is 38.6. The zero-order chi connectivity index (χ0) is 35.4. The lowest BCUT2D eigenvalue weighted by atomic mass is 10.3. The number of carbonyl (C=O) groups is 2. The maximum atomic E-state index is 12.7. The second-order valence-corrected chi connectivity index (χ2v) is 9.39. The predicted octanol–water partition coefficient (Wildman–Crippen LogP) is 7.11. The van der Waals surface area contributed by atoms with Crippen LogP contribution in [0, 0.1) is 0 Å². The van der Waals surface area contributed by atoms with E-state index in [0.717, 1.165) is 12.1 Å². The largest absolute Gasteiger partial charge is 0.461 e. The number of alkyl halides is 6. The molecule has 12 nitrogen and oxygen atoms in total. The molecule has 0 unspecified atom stereocenters. The van der Waals surface area contributed by atoms with Crippen LogP contribution in [0.5, 0.6) is 0 Å². The van der Waals surface area contributed by atoms with Crippen LogP contribution in [0.2, 0.25) is 15.3 Å². The van der Waals surface area contributed by atoms with Crippen molar-refractivity contribution >= 4 is 64.1 Å². The number of aromatic nitrogens is 6. The Morgan fingerprint density at radius 3 is 1.72 bits per heavy atom. The summed E-state index contributed by atoms with van der Waals surface area (Å²) in [5, 5.41) is 16.9. The highest BCUT2D eigenvalue weighted by molar-refractivity contribution is 6.35. The second kappa shape index (κ2) is 17.4. The van der Waals surface area contributed by atoms with Gasteiger partial charge in [0.25, 0.3) is 0 Å². The number of nitrogens with one attached hydrogen (secondary N) is 1. The van der Waals surface area contributed by atoms with E-state index in [-0.39, 0.29) is 57.3 Å². The Hall–Kier alpha value is -4.55. The number of hydrogen-bond acceptors (Lipinski definition) is 12. The minimum Gasteiger partial charge on any atom is -0.461 e. The quantitative estimate of drug-likeness (QED) is 0.153. The van der Waals surface area contributed by atoms with Crippen LogP contribution < -0.4 is 11.1 Å². The van der Waals surface area contributed by atoms with Gasteiger partial charge >= 0.3 is 24.3 Å². The molecule has 0 aliphatic rings. The number of rotatable bonds is 6. The zero-order valence-corrected chi connectivity index (χ0v) is 26.1. The standard InChI is InChI=1S/C13H10ClF3N4O2.C7H6Cl2N2O2.C6H5F3N2/c1-2-23-12(22)11-7(6-9(14)20-21-11)18-10-5-3-4-8(19-10)13(15,16)17;1-2-13-7(12)6-4(8)3-5(9)10-11-6;7-6(8,9)4-2-1-3-5(10)11-4/h3-6H,2H2,1H3,(H,18,19,20);3H,2H2,1H3;1-3H,(H2,10,11). The predicted molar refractivity (Wildman–Crippen MR) is 157 cm³/mol. The molecule has 0 bridgehead atoms. The molecule has 0 aromatic carbocycles. The van der Waals surface area contributed by atoms with E-state index >= 15 is 0 Å². The Morgan fingerprint density at radius 1 is 0.745 bits per heavy atom.